The second-order valence-corrected chi connectivity index (χ2v) is 6.85. The first-order valence-electron chi connectivity index (χ1n) is 8.05. The lowest BCUT2D eigenvalue weighted by Gasteiger charge is -2.37. The van der Waals surface area contributed by atoms with E-state index in [-0.39, 0.29) is 0 Å². The monoisotopic (exact) mass is 257 g/mol. The van der Waals surface area contributed by atoms with Crippen LogP contribution < -0.4 is 5.32 Å². The Morgan fingerprint density at radius 3 is 2.26 bits per heavy atom. The highest BCUT2D eigenvalue weighted by atomic mass is 14.9. The number of benzene rings is 1. The maximum atomic E-state index is 3.76. The summed E-state index contributed by atoms with van der Waals surface area (Å²) in [5, 5.41) is 3.76. The summed E-state index contributed by atoms with van der Waals surface area (Å²) in [5.41, 5.74) is 3.54. The van der Waals surface area contributed by atoms with Gasteiger partial charge in [-0.2, -0.15) is 0 Å². The Bertz CT molecular complexity index is 390. The Kier molecular flexibility index (Phi) is 3.93. The first-order chi connectivity index (χ1) is 9.26. The molecule has 0 saturated heterocycles. The average Bonchev–Trinajstić information content (AvgIpc) is 2.89. The van der Waals surface area contributed by atoms with Gasteiger partial charge in [0.1, 0.15) is 0 Å². The van der Waals surface area contributed by atoms with Crippen LogP contribution in [0.3, 0.4) is 0 Å². The first-order valence-corrected chi connectivity index (χ1v) is 8.05. The van der Waals surface area contributed by atoms with Crippen molar-refractivity contribution in [2.24, 2.45) is 5.41 Å². The van der Waals surface area contributed by atoms with E-state index in [0.29, 0.717) is 0 Å². The fourth-order valence-corrected chi connectivity index (χ4v) is 4.03. The van der Waals surface area contributed by atoms with Crippen LogP contribution in [0.4, 0.5) is 0 Å². The van der Waals surface area contributed by atoms with E-state index in [1.54, 1.807) is 0 Å². The van der Waals surface area contributed by atoms with Crippen molar-refractivity contribution in [1.82, 2.24) is 5.32 Å². The summed E-state index contributed by atoms with van der Waals surface area (Å²) in [4.78, 5) is 0. The van der Waals surface area contributed by atoms with Crippen molar-refractivity contribution in [3.63, 3.8) is 0 Å². The Morgan fingerprint density at radius 1 is 1.00 bits per heavy atom. The second kappa shape index (κ2) is 5.66. The van der Waals surface area contributed by atoms with E-state index in [4.69, 9.17) is 0 Å². The summed E-state index contributed by atoms with van der Waals surface area (Å²) in [7, 11) is 0. The van der Waals surface area contributed by atoms with Gasteiger partial charge in [0.05, 0.1) is 0 Å². The van der Waals surface area contributed by atoms with Crippen LogP contribution in [-0.4, -0.2) is 6.04 Å². The molecule has 1 aromatic carbocycles. The lowest BCUT2D eigenvalue weighted by molar-refractivity contribution is 0.168. The first kappa shape index (κ1) is 13.2. The number of rotatable bonds is 3. The van der Waals surface area contributed by atoms with Crippen molar-refractivity contribution >= 4 is 0 Å². The van der Waals surface area contributed by atoms with Crippen molar-refractivity contribution < 1.29 is 0 Å². The molecular formula is C18H27N. The molecule has 0 unspecified atom stereocenters. The zero-order chi connectivity index (χ0) is 13.1. The van der Waals surface area contributed by atoms with E-state index in [1.807, 2.05) is 0 Å². The van der Waals surface area contributed by atoms with E-state index >= 15 is 0 Å². The molecule has 0 heterocycles. The van der Waals surface area contributed by atoms with E-state index < -0.39 is 0 Å². The SMILES string of the molecule is Cc1ccc(CNC2CCC3(CCCC3)CC2)cc1. The van der Waals surface area contributed by atoms with Crippen molar-refractivity contribution in [1.29, 1.82) is 0 Å². The van der Waals surface area contributed by atoms with Crippen LogP contribution in [0.15, 0.2) is 24.3 Å². The normalized spacial score (nSPS) is 23.0. The smallest absolute Gasteiger partial charge is 0.0208 e. The third-order valence-corrected chi connectivity index (χ3v) is 5.43. The predicted molar refractivity (Wildman–Crippen MR) is 81.2 cm³/mol. The molecule has 2 saturated carbocycles. The summed E-state index contributed by atoms with van der Waals surface area (Å²) < 4.78 is 0. The number of aryl methyl sites for hydroxylation is 1. The van der Waals surface area contributed by atoms with Gasteiger partial charge in [-0.15, -0.1) is 0 Å². The molecule has 19 heavy (non-hydrogen) atoms. The number of nitrogens with one attached hydrogen (secondary N) is 1. The Balaban J connectivity index is 1.46. The largest absolute Gasteiger partial charge is 0.310 e. The lowest BCUT2D eigenvalue weighted by Crippen LogP contribution is -2.36. The van der Waals surface area contributed by atoms with Crippen molar-refractivity contribution in [3.05, 3.63) is 35.4 Å². The Hall–Kier alpha value is -0.820. The van der Waals surface area contributed by atoms with Crippen LogP contribution in [0, 0.1) is 12.3 Å². The Labute approximate surface area is 117 Å². The molecule has 2 aliphatic rings. The van der Waals surface area contributed by atoms with Crippen LogP contribution in [0.1, 0.15) is 62.5 Å². The summed E-state index contributed by atoms with van der Waals surface area (Å²) in [6.07, 6.45) is 11.7. The van der Waals surface area contributed by atoms with Crippen molar-refractivity contribution in [2.75, 3.05) is 0 Å². The molecule has 1 aromatic rings. The Morgan fingerprint density at radius 2 is 1.63 bits per heavy atom. The molecule has 1 heteroatoms. The molecule has 1 N–H and O–H groups in total. The van der Waals surface area contributed by atoms with Gasteiger partial charge in [-0.3, -0.25) is 0 Å². The fourth-order valence-electron chi connectivity index (χ4n) is 4.03. The number of hydrogen-bond acceptors (Lipinski definition) is 1. The molecule has 0 radical (unpaired) electrons. The van der Waals surface area contributed by atoms with Crippen LogP contribution >= 0.6 is 0 Å². The second-order valence-electron chi connectivity index (χ2n) is 6.85. The van der Waals surface area contributed by atoms with Gasteiger partial charge in [0, 0.05) is 12.6 Å². The molecule has 0 amide bonds. The van der Waals surface area contributed by atoms with Crippen LogP contribution in [0.2, 0.25) is 0 Å². The summed E-state index contributed by atoms with van der Waals surface area (Å²) in [6, 6.07) is 9.69. The molecule has 104 valence electrons. The van der Waals surface area contributed by atoms with Crippen LogP contribution in [0.25, 0.3) is 0 Å². The fraction of sp³-hybridized carbons (Fsp3) is 0.667. The zero-order valence-electron chi connectivity index (χ0n) is 12.3. The van der Waals surface area contributed by atoms with E-state index in [0.717, 1.165) is 18.0 Å². The highest BCUT2D eigenvalue weighted by molar-refractivity contribution is 5.21. The zero-order valence-corrected chi connectivity index (χ0v) is 12.3. The van der Waals surface area contributed by atoms with E-state index in [2.05, 4.69) is 36.5 Å². The molecule has 3 rings (SSSR count). The average molecular weight is 257 g/mol. The number of hydrogen-bond donors (Lipinski definition) is 1. The summed E-state index contributed by atoms with van der Waals surface area (Å²) >= 11 is 0. The summed E-state index contributed by atoms with van der Waals surface area (Å²) in [5.74, 6) is 0. The minimum Gasteiger partial charge on any atom is -0.310 e. The molecule has 2 aliphatic carbocycles. The van der Waals surface area contributed by atoms with Gasteiger partial charge in [-0.1, -0.05) is 42.7 Å². The maximum Gasteiger partial charge on any atom is 0.0208 e. The predicted octanol–water partition coefficient (Wildman–Crippen LogP) is 4.59. The molecule has 0 atom stereocenters. The summed E-state index contributed by atoms with van der Waals surface area (Å²) in [6.45, 7) is 3.19. The van der Waals surface area contributed by atoms with Gasteiger partial charge in [0.25, 0.3) is 0 Å². The molecule has 2 fully saturated rings. The minimum absolute atomic E-state index is 0.757. The highest BCUT2D eigenvalue weighted by Crippen LogP contribution is 2.48. The highest BCUT2D eigenvalue weighted by Gasteiger charge is 2.37. The van der Waals surface area contributed by atoms with Gasteiger partial charge in [0.15, 0.2) is 0 Å². The standard InChI is InChI=1S/C18H27N/c1-15-4-6-16(7-5-15)14-19-17-8-12-18(13-9-17)10-2-3-11-18/h4-7,17,19H,2-3,8-14H2,1H3. The van der Waals surface area contributed by atoms with E-state index in [9.17, 15) is 0 Å². The third kappa shape index (κ3) is 3.20. The maximum absolute atomic E-state index is 3.76. The minimum atomic E-state index is 0.757. The van der Waals surface area contributed by atoms with E-state index in [1.165, 1.54) is 62.5 Å². The van der Waals surface area contributed by atoms with Crippen molar-refractivity contribution in [2.45, 2.75) is 70.9 Å². The third-order valence-electron chi connectivity index (χ3n) is 5.43. The molecule has 1 spiro atoms. The van der Waals surface area contributed by atoms with Crippen LogP contribution in [-0.2, 0) is 6.54 Å². The van der Waals surface area contributed by atoms with Gasteiger partial charge >= 0.3 is 0 Å². The molecule has 0 bridgehead atoms. The van der Waals surface area contributed by atoms with Gasteiger partial charge < -0.3 is 5.32 Å². The lowest BCUT2D eigenvalue weighted by atomic mass is 9.71. The quantitative estimate of drug-likeness (QED) is 0.835. The van der Waals surface area contributed by atoms with Gasteiger partial charge in [-0.25, -0.2) is 0 Å². The van der Waals surface area contributed by atoms with Gasteiger partial charge in [0.2, 0.25) is 0 Å². The molecule has 0 aromatic heterocycles. The van der Waals surface area contributed by atoms with Crippen LogP contribution in [0.5, 0.6) is 0 Å². The van der Waals surface area contributed by atoms with Gasteiger partial charge in [-0.05, 0) is 56.4 Å². The topological polar surface area (TPSA) is 12.0 Å². The molecular weight excluding hydrogens is 230 g/mol. The molecule has 0 aliphatic heterocycles. The van der Waals surface area contributed by atoms with Crippen molar-refractivity contribution in [3.8, 4) is 0 Å². The molecule has 1 nitrogen and oxygen atoms in total.